The lowest BCUT2D eigenvalue weighted by Gasteiger charge is -2.09. The van der Waals surface area contributed by atoms with Gasteiger partial charge >= 0.3 is 0 Å². The molecule has 4 heteroatoms. The Morgan fingerprint density at radius 1 is 1.31 bits per heavy atom. The van der Waals surface area contributed by atoms with Crippen LogP contribution in [0.1, 0.15) is 0 Å². The minimum absolute atomic E-state index is 0.664. The molecule has 1 rings (SSSR count). The largest absolute Gasteiger partial charge is 0.490 e. The Labute approximate surface area is 94.9 Å². The topological polar surface area (TPSA) is 21.3 Å². The first-order valence-electron chi connectivity index (χ1n) is 3.97. The summed E-state index contributed by atoms with van der Waals surface area (Å²) in [6.07, 6.45) is 0. The van der Waals surface area contributed by atoms with E-state index in [-0.39, 0.29) is 0 Å². The van der Waals surface area contributed by atoms with Gasteiger partial charge in [0.25, 0.3) is 0 Å². The van der Waals surface area contributed by atoms with E-state index in [2.05, 4.69) is 37.2 Å². The van der Waals surface area contributed by atoms with Gasteiger partial charge in [-0.05, 0) is 51.0 Å². The van der Waals surface area contributed by atoms with Crippen LogP contribution in [0, 0.1) is 0 Å². The molecule has 1 aromatic rings. The maximum Gasteiger partial charge on any atom is 0.147 e. The van der Waals surface area contributed by atoms with Gasteiger partial charge < -0.3 is 10.1 Å². The zero-order chi connectivity index (χ0) is 9.68. The normalized spacial score (nSPS) is 10.1. The summed E-state index contributed by atoms with van der Waals surface area (Å²) < 4.78 is 7.49. The Kier molecular flexibility index (Phi) is 4.77. The van der Waals surface area contributed by atoms with Gasteiger partial charge in [0, 0.05) is 6.54 Å². The molecule has 0 aliphatic rings. The molecule has 72 valence electrons. The monoisotopic (exact) mass is 307 g/mol. The second-order valence-corrected chi connectivity index (χ2v) is 4.21. The molecule has 0 aliphatic carbocycles. The lowest BCUT2D eigenvalue weighted by atomic mass is 10.3. The van der Waals surface area contributed by atoms with Crippen molar-refractivity contribution in [1.29, 1.82) is 0 Å². The average molecular weight is 309 g/mol. The maximum absolute atomic E-state index is 5.55. The Balaban J connectivity index is 2.64. The minimum atomic E-state index is 0.664. The van der Waals surface area contributed by atoms with Crippen molar-refractivity contribution in [3.05, 3.63) is 27.1 Å². The molecule has 0 bridgehead atoms. The Morgan fingerprint density at radius 2 is 1.92 bits per heavy atom. The second-order valence-electron chi connectivity index (χ2n) is 2.50. The minimum Gasteiger partial charge on any atom is -0.490 e. The molecule has 0 fully saturated rings. The van der Waals surface area contributed by atoms with Crippen molar-refractivity contribution in [1.82, 2.24) is 5.32 Å². The van der Waals surface area contributed by atoms with E-state index in [0.717, 1.165) is 21.2 Å². The summed E-state index contributed by atoms with van der Waals surface area (Å²) in [5.74, 6) is 0.859. The molecule has 0 saturated carbocycles. The zero-order valence-electron chi connectivity index (χ0n) is 7.31. The van der Waals surface area contributed by atoms with Crippen molar-refractivity contribution in [2.75, 3.05) is 20.2 Å². The highest BCUT2D eigenvalue weighted by Crippen LogP contribution is 2.32. The first-order chi connectivity index (χ1) is 6.25. The number of likely N-dealkylation sites (N-methyl/N-ethyl adjacent to an activating group) is 1. The number of halogens is 2. The van der Waals surface area contributed by atoms with Crippen LogP contribution >= 0.6 is 31.9 Å². The van der Waals surface area contributed by atoms with Crippen molar-refractivity contribution < 1.29 is 4.74 Å². The molecule has 0 spiro atoms. The standard InChI is InChI=1S/C9H11Br2NO/c1-12-5-6-13-9-7(10)3-2-4-8(9)11/h2-4,12H,5-6H2,1H3. The van der Waals surface area contributed by atoms with Gasteiger partial charge in [-0.25, -0.2) is 0 Å². The summed E-state index contributed by atoms with van der Waals surface area (Å²) in [5.41, 5.74) is 0. The van der Waals surface area contributed by atoms with E-state index in [4.69, 9.17) is 4.74 Å². The van der Waals surface area contributed by atoms with Crippen molar-refractivity contribution >= 4 is 31.9 Å². The summed E-state index contributed by atoms with van der Waals surface area (Å²) in [6.45, 7) is 1.51. The Hall–Kier alpha value is -0.0600. The molecular formula is C9H11Br2NO. The second kappa shape index (κ2) is 5.62. The predicted octanol–water partition coefficient (Wildman–Crippen LogP) is 2.81. The van der Waals surface area contributed by atoms with Crippen LogP contribution in [0.4, 0.5) is 0 Å². The number of nitrogens with one attached hydrogen (secondary N) is 1. The number of rotatable bonds is 4. The highest BCUT2D eigenvalue weighted by molar-refractivity contribution is 9.11. The highest BCUT2D eigenvalue weighted by atomic mass is 79.9. The molecule has 1 N–H and O–H groups in total. The van der Waals surface area contributed by atoms with Gasteiger partial charge in [-0.2, -0.15) is 0 Å². The molecule has 0 saturated heterocycles. The molecule has 0 radical (unpaired) electrons. The molecule has 1 aromatic carbocycles. The van der Waals surface area contributed by atoms with Crippen LogP contribution in [0.25, 0.3) is 0 Å². The van der Waals surface area contributed by atoms with Crippen molar-refractivity contribution in [3.8, 4) is 5.75 Å². The van der Waals surface area contributed by atoms with Gasteiger partial charge in [-0.15, -0.1) is 0 Å². The fraction of sp³-hybridized carbons (Fsp3) is 0.333. The molecular weight excluding hydrogens is 298 g/mol. The van der Waals surface area contributed by atoms with Gasteiger partial charge in [-0.1, -0.05) is 6.07 Å². The zero-order valence-corrected chi connectivity index (χ0v) is 10.5. The predicted molar refractivity (Wildman–Crippen MR) is 61.3 cm³/mol. The summed E-state index contributed by atoms with van der Waals surface area (Å²) in [5, 5.41) is 3.02. The Morgan fingerprint density at radius 3 is 2.46 bits per heavy atom. The summed E-state index contributed by atoms with van der Waals surface area (Å²) in [7, 11) is 1.90. The van der Waals surface area contributed by atoms with Crippen LogP contribution in [0.2, 0.25) is 0 Å². The highest BCUT2D eigenvalue weighted by Gasteiger charge is 2.04. The van der Waals surface area contributed by atoms with E-state index in [1.807, 2.05) is 25.2 Å². The SMILES string of the molecule is CNCCOc1c(Br)cccc1Br. The van der Waals surface area contributed by atoms with E-state index in [1.54, 1.807) is 0 Å². The van der Waals surface area contributed by atoms with Crippen molar-refractivity contribution in [2.45, 2.75) is 0 Å². The van der Waals surface area contributed by atoms with Crippen LogP contribution < -0.4 is 10.1 Å². The summed E-state index contributed by atoms with van der Waals surface area (Å²) in [4.78, 5) is 0. The molecule has 13 heavy (non-hydrogen) atoms. The van der Waals surface area contributed by atoms with E-state index >= 15 is 0 Å². The molecule has 2 nitrogen and oxygen atoms in total. The van der Waals surface area contributed by atoms with E-state index < -0.39 is 0 Å². The molecule has 0 heterocycles. The molecule has 0 aliphatic heterocycles. The van der Waals surface area contributed by atoms with Gasteiger partial charge in [-0.3, -0.25) is 0 Å². The fourth-order valence-corrected chi connectivity index (χ4v) is 2.10. The van der Waals surface area contributed by atoms with Crippen molar-refractivity contribution in [2.24, 2.45) is 0 Å². The third-order valence-corrected chi connectivity index (χ3v) is 2.77. The number of para-hydroxylation sites is 1. The van der Waals surface area contributed by atoms with Crippen molar-refractivity contribution in [3.63, 3.8) is 0 Å². The van der Waals surface area contributed by atoms with E-state index in [9.17, 15) is 0 Å². The van der Waals surface area contributed by atoms with Gasteiger partial charge in [0.05, 0.1) is 8.95 Å². The van der Waals surface area contributed by atoms with Crippen LogP contribution in [-0.2, 0) is 0 Å². The third-order valence-electron chi connectivity index (χ3n) is 1.52. The van der Waals surface area contributed by atoms with Gasteiger partial charge in [0.15, 0.2) is 0 Å². The number of benzene rings is 1. The van der Waals surface area contributed by atoms with Crippen LogP contribution in [0.5, 0.6) is 5.75 Å². The smallest absolute Gasteiger partial charge is 0.147 e. The number of hydrogen-bond acceptors (Lipinski definition) is 2. The van der Waals surface area contributed by atoms with E-state index in [1.165, 1.54) is 0 Å². The van der Waals surface area contributed by atoms with Crippen LogP contribution in [-0.4, -0.2) is 20.2 Å². The number of hydrogen-bond donors (Lipinski definition) is 1. The average Bonchev–Trinajstić information content (AvgIpc) is 2.10. The summed E-state index contributed by atoms with van der Waals surface area (Å²) in [6, 6.07) is 5.87. The fourth-order valence-electron chi connectivity index (χ4n) is 0.876. The summed E-state index contributed by atoms with van der Waals surface area (Å²) >= 11 is 6.85. The lowest BCUT2D eigenvalue weighted by Crippen LogP contribution is -2.16. The first kappa shape index (κ1) is 11.0. The van der Waals surface area contributed by atoms with Crippen LogP contribution in [0.15, 0.2) is 27.1 Å². The molecule has 0 aromatic heterocycles. The third kappa shape index (κ3) is 3.29. The van der Waals surface area contributed by atoms with Gasteiger partial charge in [0.2, 0.25) is 0 Å². The molecule has 0 amide bonds. The Bertz CT molecular complexity index is 258. The van der Waals surface area contributed by atoms with Gasteiger partial charge in [0.1, 0.15) is 12.4 Å². The maximum atomic E-state index is 5.55. The number of ether oxygens (including phenoxy) is 1. The molecule has 0 atom stereocenters. The first-order valence-corrected chi connectivity index (χ1v) is 5.55. The quantitative estimate of drug-likeness (QED) is 0.864. The lowest BCUT2D eigenvalue weighted by molar-refractivity contribution is 0.314. The van der Waals surface area contributed by atoms with Crippen LogP contribution in [0.3, 0.4) is 0 Å². The van der Waals surface area contributed by atoms with E-state index in [0.29, 0.717) is 6.61 Å². The molecule has 0 unspecified atom stereocenters.